The third-order valence-corrected chi connectivity index (χ3v) is 8.64. The van der Waals surface area contributed by atoms with Crippen LogP contribution in [0.3, 0.4) is 0 Å². The summed E-state index contributed by atoms with van der Waals surface area (Å²) in [5.41, 5.74) is 18.0. The first-order valence-electron chi connectivity index (χ1n) is 15.0. The van der Waals surface area contributed by atoms with E-state index in [1.165, 1.54) is 12.8 Å². The minimum atomic E-state index is -0.0486. The smallest absolute Gasteiger partial charge is 0.255 e. The summed E-state index contributed by atoms with van der Waals surface area (Å²) < 4.78 is 18.1. The van der Waals surface area contributed by atoms with Gasteiger partial charge in [-0.2, -0.15) is 10.2 Å². The number of piperidine rings is 1. The van der Waals surface area contributed by atoms with Gasteiger partial charge >= 0.3 is 0 Å². The number of ether oxygens (including phenoxy) is 2. The number of nitrogens with zero attached hydrogens (tertiary/aromatic N) is 6. The highest BCUT2D eigenvalue weighted by atomic mass is 16.5. The Balaban J connectivity index is 1.28. The van der Waals surface area contributed by atoms with Crippen molar-refractivity contribution in [3.8, 4) is 22.9 Å². The van der Waals surface area contributed by atoms with E-state index in [2.05, 4.69) is 28.7 Å². The first-order chi connectivity index (χ1) is 20.9. The minimum absolute atomic E-state index is 0.00786. The van der Waals surface area contributed by atoms with Crippen molar-refractivity contribution in [3.63, 3.8) is 0 Å². The summed E-state index contributed by atoms with van der Waals surface area (Å²) in [6.07, 6.45) is 9.54. The van der Waals surface area contributed by atoms with Gasteiger partial charge in [0.25, 0.3) is 5.91 Å². The van der Waals surface area contributed by atoms with Gasteiger partial charge in [-0.3, -0.25) is 9.48 Å². The number of benzene rings is 1. The number of amides is 1. The molecule has 1 aromatic carbocycles. The molecular weight excluding hydrogens is 544 g/mol. The second-order valence-corrected chi connectivity index (χ2v) is 11.9. The standard InChI is InChI=1S/C32H38N8O3/c1-20-29(36-40-17-23(14-28(42-2)30(20)40)32(41)37-10-4-6-24(33)18-37)26-13-22-5-3-7-27(31(22)39(26)16-21-8-9-21)43-12-11-38-19-25(34)15-35-38/h3,5,7,13-15,17,19,21,24H,4,6,8-12,16,18,33-34H2,1-2H3/t24-/m1/s1. The fourth-order valence-corrected chi connectivity index (χ4v) is 6.28. The van der Waals surface area contributed by atoms with Crippen LogP contribution in [-0.4, -0.2) is 67.6 Å². The number of nitrogen functional groups attached to an aromatic ring is 1. The zero-order valence-corrected chi connectivity index (χ0v) is 24.7. The molecule has 1 aliphatic heterocycles. The maximum atomic E-state index is 13.5. The number of anilines is 1. The van der Waals surface area contributed by atoms with E-state index in [1.807, 2.05) is 29.3 Å². The molecule has 0 spiro atoms. The summed E-state index contributed by atoms with van der Waals surface area (Å²) in [5.74, 6) is 2.03. The SMILES string of the molecule is COc1cc(C(=O)N2CCC[C@@H](N)C2)cn2nc(-c3cc4cccc(OCCn5cc(N)cn5)c4n3CC3CC3)c(C)c12. The van der Waals surface area contributed by atoms with Gasteiger partial charge in [0.1, 0.15) is 29.3 Å². The number of hydrogen-bond donors (Lipinski definition) is 2. The van der Waals surface area contributed by atoms with Crippen molar-refractivity contribution in [2.24, 2.45) is 11.7 Å². The summed E-state index contributed by atoms with van der Waals surface area (Å²) >= 11 is 0. The number of hydrogen-bond acceptors (Lipinski definition) is 7. The Morgan fingerprint density at radius 2 is 1.98 bits per heavy atom. The van der Waals surface area contributed by atoms with Crippen molar-refractivity contribution >= 4 is 28.0 Å². The van der Waals surface area contributed by atoms with Crippen LogP contribution in [0.5, 0.6) is 11.5 Å². The number of carbonyl (C=O) groups is 1. The van der Waals surface area contributed by atoms with Crippen LogP contribution < -0.4 is 20.9 Å². The average Bonchev–Trinajstić information content (AvgIpc) is 3.47. The highest BCUT2D eigenvalue weighted by Gasteiger charge is 2.28. The third-order valence-electron chi connectivity index (χ3n) is 8.64. The normalized spacial score (nSPS) is 17.2. The largest absolute Gasteiger partial charge is 0.494 e. The number of likely N-dealkylation sites (tertiary alicyclic amines) is 1. The van der Waals surface area contributed by atoms with Gasteiger partial charge in [-0.25, -0.2) is 4.52 Å². The molecule has 1 amide bonds. The molecule has 224 valence electrons. The molecule has 2 aliphatic rings. The molecule has 1 atom stereocenters. The molecule has 0 bridgehead atoms. The van der Waals surface area contributed by atoms with Crippen LogP contribution in [0.25, 0.3) is 27.8 Å². The van der Waals surface area contributed by atoms with E-state index in [-0.39, 0.29) is 11.9 Å². The highest BCUT2D eigenvalue weighted by molar-refractivity contribution is 5.96. The maximum absolute atomic E-state index is 13.5. The number of nitrogens with two attached hydrogens (primary N) is 2. The number of carbonyl (C=O) groups excluding carboxylic acids is 1. The Morgan fingerprint density at radius 1 is 1.12 bits per heavy atom. The lowest BCUT2D eigenvalue weighted by atomic mass is 10.1. The Hall–Kier alpha value is -4.51. The van der Waals surface area contributed by atoms with Crippen LogP contribution in [-0.2, 0) is 13.1 Å². The Morgan fingerprint density at radius 3 is 2.72 bits per heavy atom. The van der Waals surface area contributed by atoms with Crippen molar-refractivity contribution < 1.29 is 14.3 Å². The highest BCUT2D eigenvalue weighted by Crippen LogP contribution is 2.40. The Bertz CT molecular complexity index is 1810. The molecule has 1 saturated heterocycles. The number of aromatic nitrogens is 5. The molecule has 0 unspecified atom stereocenters. The van der Waals surface area contributed by atoms with Crippen LogP contribution in [0.1, 0.15) is 41.6 Å². The van der Waals surface area contributed by atoms with E-state index in [1.54, 1.807) is 28.7 Å². The van der Waals surface area contributed by atoms with Crippen LogP contribution >= 0.6 is 0 Å². The van der Waals surface area contributed by atoms with Gasteiger partial charge in [0.15, 0.2) is 0 Å². The molecule has 1 saturated carbocycles. The number of rotatable bonds is 9. The quantitative estimate of drug-likeness (QED) is 0.268. The van der Waals surface area contributed by atoms with Crippen LogP contribution in [0, 0.1) is 12.8 Å². The summed E-state index contributed by atoms with van der Waals surface area (Å²) in [7, 11) is 1.64. The number of fused-ring (bicyclic) bond motifs is 2. The first kappa shape index (κ1) is 27.3. The van der Waals surface area contributed by atoms with Crippen LogP contribution in [0.2, 0.25) is 0 Å². The van der Waals surface area contributed by atoms with Gasteiger partial charge in [0.05, 0.1) is 42.3 Å². The zero-order chi connectivity index (χ0) is 29.7. The predicted octanol–water partition coefficient (Wildman–Crippen LogP) is 4.10. The Kier molecular flexibility index (Phi) is 6.97. The second-order valence-electron chi connectivity index (χ2n) is 11.9. The molecule has 5 heterocycles. The van der Waals surface area contributed by atoms with Crippen molar-refractivity contribution in [1.82, 2.24) is 28.9 Å². The topological polar surface area (TPSA) is 131 Å². The number of pyridine rings is 1. The number of para-hydroxylation sites is 1. The lowest BCUT2D eigenvalue weighted by Crippen LogP contribution is -2.45. The zero-order valence-electron chi connectivity index (χ0n) is 24.7. The van der Waals surface area contributed by atoms with E-state index < -0.39 is 0 Å². The third kappa shape index (κ3) is 5.18. The molecule has 1 aliphatic carbocycles. The fraction of sp³-hybridized carbons (Fsp3) is 0.406. The first-order valence-corrected chi connectivity index (χ1v) is 15.0. The number of aryl methyl sites for hydroxylation is 1. The van der Waals surface area contributed by atoms with E-state index in [0.717, 1.165) is 58.5 Å². The molecule has 2 fully saturated rings. The van der Waals surface area contributed by atoms with E-state index in [0.29, 0.717) is 49.2 Å². The summed E-state index contributed by atoms with van der Waals surface area (Å²) in [4.78, 5) is 15.3. The van der Waals surface area contributed by atoms with Gasteiger partial charge in [-0.05, 0) is 56.7 Å². The molecule has 7 rings (SSSR count). The van der Waals surface area contributed by atoms with E-state index in [4.69, 9.17) is 26.0 Å². The molecule has 5 aromatic rings. The number of methoxy groups -OCH3 is 1. The van der Waals surface area contributed by atoms with Crippen LogP contribution in [0.15, 0.2) is 48.9 Å². The monoisotopic (exact) mass is 582 g/mol. The lowest BCUT2D eigenvalue weighted by molar-refractivity contribution is 0.0707. The molecule has 4 N–H and O–H groups in total. The lowest BCUT2D eigenvalue weighted by Gasteiger charge is -2.30. The van der Waals surface area contributed by atoms with Gasteiger partial charge in [-0.15, -0.1) is 0 Å². The van der Waals surface area contributed by atoms with E-state index in [9.17, 15) is 4.79 Å². The minimum Gasteiger partial charge on any atom is -0.494 e. The molecule has 43 heavy (non-hydrogen) atoms. The summed E-state index contributed by atoms with van der Waals surface area (Å²) in [6.45, 7) is 5.28. The molecule has 11 heteroatoms. The molecular formula is C32H38N8O3. The van der Waals surface area contributed by atoms with Crippen molar-refractivity contribution in [3.05, 3.63) is 60.0 Å². The predicted molar refractivity (Wildman–Crippen MR) is 165 cm³/mol. The molecule has 0 radical (unpaired) electrons. The maximum Gasteiger partial charge on any atom is 0.255 e. The van der Waals surface area contributed by atoms with E-state index >= 15 is 0 Å². The summed E-state index contributed by atoms with van der Waals surface area (Å²) in [6, 6.07) is 10.2. The van der Waals surface area contributed by atoms with Crippen LogP contribution in [0.4, 0.5) is 5.69 Å². The van der Waals surface area contributed by atoms with Gasteiger partial charge in [0, 0.05) is 49.0 Å². The second kappa shape index (κ2) is 11.0. The van der Waals surface area contributed by atoms with Crippen molar-refractivity contribution in [2.45, 2.75) is 51.7 Å². The summed E-state index contributed by atoms with van der Waals surface area (Å²) in [5, 5.41) is 10.4. The fourth-order valence-electron chi connectivity index (χ4n) is 6.28. The van der Waals surface area contributed by atoms with Gasteiger partial charge in [-0.1, -0.05) is 12.1 Å². The Labute approximate surface area is 249 Å². The van der Waals surface area contributed by atoms with Gasteiger partial charge < -0.3 is 30.4 Å². The molecule has 4 aromatic heterocycles. The van der Waals surface area contributed by atoms with Crippen molar-refractivity contribution in [2.75, 3.05) is 32.5 Å². The van der Waals surface area contributed by atoms with Crippen molar-refractivity contribution in [1.29, 1.82) is 0 Å². The average molecular weight is 583 g/mol. The van der Waals surface area contributed by atoms with Gasteiger partial charge in [0.2, 0.25) is 0 Å². The molecule has 11 nitrogen and oxygen atoms in total.